The van der Waals surface area contributed by atoms with Gasteiger partial charge in [0.1, 0.15) is 6.54 Å². The Labute approximate surface area is 146 Å². The number of rotatable bonds is 5. The van der Waals surface area contributed by atoms with Crippen molar-refractivity contribution in [3.05, 3.63) is 57.6 Å². The van der Waals surface area contributed by atoms with Crippen LogP contribution in [0.4, 0.5) is 13.2 Å². The van der Waals surface area contributed by atoms with Gasteiger partial charge >= 0.3 is 6.18 Å². The van der Waals surface area contributed by atoms with Crippen molar-refractivity contribution >= 4 is 23.3 Å². The van der Waals surface area contributed by atoms with E-state index in [1.807, 2.05) is 6.07 Å². The van der Waals surface area contributed by atoms with Gasteiger partial charge in [-0.15, -0.1) is 11.3 Å². The highest BCUT2D eigenvalue weighted by molar-refractivity contribution is 7.09. The van der Waals surface area contributed by atoms with Gasteiger partial charge in [0.25, 0.3) is 0 Å². The predicted octanol–water partition coefficient (Wildman–Crippen LogP) is 3.93. The zero-order valence-electron chi connectivity index (χ0n) is 13.2. The summed E-state index contributed by atoms with van der Waals surface area (Å²) in [6.45, 7) is 0.238. The molecule has 25 heavy (non-hydrogen) atoms. The van der Waals surface area contributed by atoms with E-state index in [-0.39, 0.29) is 6.54 Å². The molecule has 0 atom stereocenters. The SMILES string of the molecule is Cc1nc(/C=C/C(=O)N(Cc2ccc(C#N)cc2)CC(F)(F)F)cs1. The van der Waals surface area contributed by atoms with E-state index in [0.717, 1.165) is 11.1 Å². The molecule has 2 rings (SSSR count). The Balaban J connectivity index is 2.14. The number of thiazole rings is 1. The Bertz CT molecular complexity index is 804. The first-order valence-corrected chi connectivity index (χ1v) is 8.10. The molecule has 0 saturated carbocycles. The molecule has 1 aromatic heterocycles. The molecular weight excluding hydrogens is 351 g/mol. The van der Waals surface area contributed by atoms with Crippen molar-refractivity contribution in [2.24, 2.45) is 0 Å². The Morgan fingerprint density at radius 2 is 2.04 bits per heavy atom. The van der Waals surface area contributed by atoms with Crippen LogP contribution in [0.3, 0.4) is 0 Å². The zero-order valence-corrected chi connectivity index (χ0v) is 14.1. The molecule has 8 heteroatoms. The number of carbonyl (C=O) groups excluding carboxylic acids is 1. The van der Waals surface area contributed by atoms with E-state index in [4.69, 9.17) is 5.26 Å². The van der Waals surface area contributed by atoms with Gasteiger partial charge in [0.2, 0.25) is 5.91 Å². The van der Waals surface area contributed by atoms with E-state index in [9.17, 15) is 18.0 Å². The van der Waals surface area contributed by atoms with Crippen molar-refractivity contribution in [1.82, 2.24) is 9.88 Å². The van der Waals surface area contributed by atoms with E-state index in [0.29, 0.717) is 21.7 Å². The second-order valence-electron chi connectivity index (χ2n) is 5.24. The molecule has 2 aromatic rings. The van der Waals surface area contributed by atoms with Crippen LogP contribution < -0.4 is 0 Å². The minimum absolute atomic E-state index is 0.204. The molecule has 0 fully saturated rings. The van der Waals surface area contributed by atoms with Crippen molar-refractivity contribution in [3.63, 3.8) is 0 Å². The van der Waals surface area contributed by atoms with Crippen molar-refractivity contribution < 1.29 is 18.0 Å². The Morgan fingerprint density at radius 3 is 2.56 bits per heavy atom. The largest absolute Gasteiger partial charge is 0.406 e. The van der Waals surface area contributed by atoms with Gasteiger partial charge in [0.15, 0.2) is 0 Å². The number of nitrogens with zero attached hydrogens (tertiary/aromatic N) is 3. The molecule has 1 heterocycles. The summed E-state index contributed by atoms with van der Waals surface area (Å²) in [4.78, 5) is 17.0. The minimum Gasteiger partial charge on any atom is -0.326 e. The maximum Gasteiger partial charge on any atom is 0.406 e. The smallest absolute Gasteiger partial charge is 0.326 e. The van der Waals surface area contributed by atoms with Crippen LogP contribution >= 0.6 is 11.3 Å². The van der Waals surface area contributed by atoms with E-state index in [1.54, 1.807) is 12.3 Å². The van der Waals surface area contributed by atoms with Crippen LogP contribution in [0.2, 0.25) is 0 Å². The summed E-state index contributed by atoms with van der Waals surface area (Å²) < 4.78 is 38.3. The standard InChI is InChI=1S/C17H14F3N3OS/c1-12-22-15(10-25-12)6-7-16(24)23(11-17(18,19)20)9-14-4-2-13(8-21)3-5-14/h2-7,10H,9,11H2,1H3/b7-6+. The fraction of sp³-hybridized carbons (Fsp3) is 0.235. The van der Waals surface area contributed by atoms with Crippen LogP contribution in [-0.2, 0) is 11.3 Å². The quantitative estimate of drug-likeness (QED) is 0.755. The molecule has 0 N–H and O–H groups in total. The second kappa shape index (κ2) is 7.94. The number of benzene rings is 1. The average Bonchev–Trinajstić information content (AvgIpc) is 2.97. The molecule has 0 radical (unpaired) electrons. The van der Waals surface area contributed by atoms with E-state index < -0.39 is 18.6 Å². The first kappa shape index (κ1) is 18.7. The fourth-order valence-electron chi connectivity index (χ4n) is 2.05. The van der Waals surface area contributed by atoms with E-state index in [2.05, 4.69) is 4.98 Å². The summed E-state index contributed by atoms with van der Waals surface area (Å²) in [6.07, 6.45) is -2.02. The predicted molar refractivity (Wildman–Crippen MR) is 88.5 cm³/mol. The summed E-state index contributed by atoms with van der Waals surface area (Å²) in [7, 11) is 0. The average molecular weight is 365 g/mol. The van der Waals surface area contributed by atoms with Gasteiger partial charge in [-0.3, -0.25) is 4.79 Å². The maximum atomic E-state index is 12.8. The first-order chi connectivity index (χ1) is 11.8. The van der Waals surface area contributed by atoms with Crippen molar-refractivity contribution in [3.8, 4) is 6.07 Å². The number of nitriles is 1. The highest BCUT2D eigenvalue weighted by atomic mass is 32.1. The van der Waals surface area contributed by atoms with Crippen LogP contribution in [0, 0.1) is 18.3 Å². The molecule has 1 aromatic carbocycles. The zero-order chi connectivity index (χ0) is 18.4. The molecule has 0 aliphatic carbocycles. The fourth-order valence-corrected chi connectivity index (χ4v) is 2.63. The lowest BCUT2D eigenvalue weighted by atomic mass is 10.1. The summed E-state index contributed by atoms with van der Waals surface area (Å²) >= 11 is 1.39. The van der Waals surface area contributed by atoms with Gasteiger partial charge < -0.3 is 4.90 Å². The molecule has 0 bridgehead atoms. The van der Waals surface area contributed by atoms with Gasteiger partial charge in [-0.2, -0.15) is 18.4 Å². The molecule has 130 valence electrons. The summed E-state index contributed by atoms with van der Waals surface area (Å²) in [5, 5.41) is 11.3. The number of hydrogen-bond donors (Lipinski definition) is 0. The summed E-state index contributed by atoms with van der Waals surface area (Å²) in [5.41, 5.74) is 1.44. The normalized spacial score (nSPS) is 11.5. The van der Waals surface area contributed by atoms with Crippen LogP contribution in [0.25, 0.3) is 6.08 Å². The van der Waals surface area contributed by atoms with Crippen LogP contribution in [-0.4, -0.2) is 28.5 Å². The van der Waals surface area contributed by atoms with Gasteiger partial charge in [-0.25, -0.2) is 4.98 Å². The molecule has 4 nitrogen and oxygen atoms in total. The van der Waals surface area contributed by atoms with Crippen LogP contribution in [0.1, 0.15) is 21.8 Å². The van der Waals surface area contributed by atoms with Crippen LogP contribution in [0.15, 0.2) is 35.7 Å². The molecule has 0 aliphatic rings. The van der Waals surface area contributed by atoms with Crippen molar-refractivity contribution in [1.29, 1.82) is 5.26 Å². The first-order valence-electron chi connectivity index (χ1n) is 7.22. The number of hydrogen-bond acceptors (Lipinski definition) is 4. The highest BCUT2D eigenvalue weighted by Crippen LogP contribution is 2.19. The molecule has 0 spiro atoms. The van der Waals surface area contributed by atoms with Crippen molar-refractivity contribution in [2.75, 3.05) is 6.54 Å². The Morgan fingerprint density at radius 1 is 1.36 bits per heavy atom. The monoisotopic (exact) mass is 365 g/mol. The van der Waals surface area contributed by atoms with Crippen molar-refractivity contribution in [2.45, 2.75) is 19.6 Å². The third-order valence-corrected chi connectivity index (χ3v) is 3.96. The number of aromatic nitrogens is 1. The highest BCUT2D eigenvalue weighted by Gasteiger charge is 2.32. The molecule has 0 saturated heterocycles. The molecule has 0 aliphatic heterocycles. The van der Waals surface area contributed by atoms with Gasteiger partial charge in [0.05, 0.1) is 22.3 Å². The lowest BCUT2D eigenvalue weighted by Gasteiger charge is -2.22. The van der Waals surface area contributed by atoms with Gasteiger partial charge in [-0.1, -0.05) is 12.1 Å². The topological polar surface area (TPSA) is 57.0 Å². The molecule has 1 amide bonds. The number of carbonyl (C=O) groups is 1. The number of amides is 1. The lowest BCUT2D eigenvalue weighted by Crippen LogP contribution is -2.37. The van der Waals surface area contributed by atoms with E-state index >= 15 is 0 Å². The number of aryl methyl sites for hydroxylation is 1. The Kier molecular flexibility index (Phi) is 5.93. The Hall–Kier alpha value is -2.66. The van der Waals surface area contributed by atoms with Gasteiger partial charge in [0, 0.05) is 18.0 Å². The van der Waals surface area contributed by atoms with Gasteiger partial charge in [-0.05, 0) is 30.7 Å². The maximum absolute atomic E-state index is 12.8. The second-order valence-corrected chi connectivity index (χ2v) is 6.31. The number of alkyl halides is 3. The minimum atomic E-state index is -4.51. The van der Waals surface area contributed by atoms with E-state index in [1.165, 1.54) is 41.7 Å². The number of halogens is 3. The summed E-state index contributed by atoms with van der Waals surface area (Å²) in [6, 6.07) is 7.99. The van der Waals surface area contributed by atoms with Crippen LogP contribution in [0.5, 0.6) is 0 Å². The molecular formula is C17H14F3N3OS. The molecule has 0 unspecified atom stereocenters. The lowest BCUT2D eigenvalue weighted by molar-refractivity contribution is -0.159. The third-order valence-electron chi connectivity index (χ3n) is 3.17. The summed E-state index contributed by atoms with van der Waals surface area (Å²) in [5.74, 6) is -0.757. The third kappa shape index (κ3) is 6.04.